The van der Waals surface area contributed by atoms with Crippen LogP contribution in [0.2, 0.25) is 0 Å². The van der Waals surface area contributed by atoms with Crippen LogP contribution in [0, 0.1) is 0 Å². The molecule has 0 amide bonds. The van der Waals surface area contributed by atoms with Gasteiger partial charge in [0, 0.05) is 13.8 Å². The molecule has 0 aliphatic carbocycles. The Morgan fingerprint density at radius 2 is 1.19 bits per heavy atom. The van der Waals surface area contributed by atoms with Gasteiger partial charge in [0.05, 0.1) is 0 Å². The fourth-order valence-electron chi connectivity index (χ4n) is 0.742. The number of Topliss-reactive ketones (excluding diaryl/α,β-unsaturated/α-hetero) is 2. The first-order chi connectivity index (χ1) is 7.61. The summed E-state index contributed by atoms with van der Waals surface area (Å²) < 4.78 is 0. The Hall–Kier alpha value is -1.58. The van der Waals surface area contributed by atoms with E-state index in [4.69, 9.17) is 0 Å². The second-order valence-electron chi connectivity index (χ2n) is 2.40. The molecule has 0 aromatic carbocycles. The number of hydrogen-bond donors (Lipinski definition) is 0. The minimum Gasteiger partial charge on any atom is -0.293 e. The number of hydrogen-bond acceptors (Lipinski definition) is 4. The summed E-state index contributed by atoms with van der Waals surface area (Å²) in [5.41, 5.74) is 0.547. The van der Waals surface area contributed by atoms with E-state index in [1.807, 2.05) is 27.7 Å². The highest BCUT2D eigenvalue weighted by Crippen LogP contribution is 1.99. The number of carbonyl (C=O) groups excluding carboxylic acids is 2. The molecule has 0 saturated heterocycles. The third-order valence-electron chi connectivity index (χ3n) is 1.39. The molecule has 0 aliphatic rings. The van der Waals surface area contributed by atoms with Gasteiger partial charge in [0.2, 0.25) is 0 Å². The highest BCUT2D eigenvalue weighted by Gasteiger charge is 2.05. The van der Waals surface area contributed by atoms with Gasteiger partial charge >= 0.3 is 0 Å². The predicted octanol–water partition coefficient (Wildman–Crippen LogP) is 2.93. The van der Waals surface area contributed by atoms with Crippen molar-refractivity contribution in [1.29, 1.82) is 0 Å². The van der Waals surface area contributed by atoms with Crippen LogP contribution in [0.4, 0.5) is 0 Å². The van der Waals surface area contributed by atoms with Gasteiger partial charge in [-0.3, -0.25) is 9.59 Å². The minimum absolute atomic E-state index is 0.167. The standard InChI is InChI=1S/C8H8N2O2.2C2H6/c1-5(11)7-3-8(6(2)12)10-4-9-7;2*1-2/h3-4H,1-2H3;2*1-2H3. The SMILES string of the molecule is CC.CC.CC(=O)c1cc(C(C)=O)ncn1. The van der Waals surface area contributed by atoms with Crippen LogP contribution in [-0.4, -0.2) is 21.5 Å². The van der Waals surface area contributed by atoms with Gasteiger partial charge in [0.25, 0.3) is 0 Å². The summed E-state index contributed by atoms with van der Waals surface area (Å²) in [6.07, 6.45) is 1.22. The van der Waals surface area contributed by atoms with Crippen molar-refractivity contribution in [1.82, 2.24) is 9.97 Å². The summed E-state index contributed by atoms with van der Waals surface area (Å²) in [7, 11) is 0. The van der Waals surface area contributed by atoms with E-state index in [-0.39, 0.29) is 23.0 Å². The largest absolute Gasteiger partial charge is 0.293 e. The van der Waals surface area contributed by atoms with Crippen LogP contribution in [0.25, 0.3) is 0 Å². The Morgan fingerprint density at radius 1 is 0.875 bits per heavy atom. The van der Waals surface area contributed by atoms with Gasteiger partial charge in [0.15, 0.2) is 11.6 Å². The molecule has 4 nitrogen and oxygen atoms in total. The highest BCUT2D eigenvalue weighted by molar-refractivity contribution is 5.96. The lowest BCUT2D eigenvalue weighted by atomic mass is 10.2. The Kier molecular flexibility index (Phi) is 10.5. The second kappa shape index (κ2) is 9.96. The van der Waals surface area contributed by atoms with E-state index in [1.165, 1.54) is 26.2 Å². The number of ketones is 2. The molecule has 0 bridgehead atoms. The van der Waals surface area contributed by atoms with E-state index in [2.05, 4.69) is 9.97 Å². The first kappa shape index (κ1) is 16.8. The molecule has 1 rings (SSSR count). The summed E-state index contributed by atoms with van der Waals surface area (Å²) in [6.45, 7) is 10.8. The summed E-state index contributed by atoms with van der Waals surface area (Å²) in [5.74, 6) is -0.334. The van der Waals surface area contributed by atoms with Crippen LogP contribution in [-0.2, 0) is 0 Å². The zero-order valence-electron chi connectivity index (χ0n) is 10.9. The molecule has 0 N–H and O–H groups in total. The maximum Gasteiger partial charge on any atom is 0.178 e. The normalized spacial score (nSPS) is 7.88. The van der Waals surface area contributed by atoms with Gasteiger partial charge in [-0.2, -0.15) is 0 Å². The van der Waals surface area contributed by atoms with Gasteiger partial charge < -0.3 is 0 Å². The van der Waals surface area contributed by atoms with Crippen molar-refractivity contribution in [3.05, 3.63) is 23.8 Å². The van der Waals surface area contributed by atoms with Crippen LogP contribution in [0.1, 0.15) is 62.5 Å². The lowest BCUT2D eigenvalue weighted by Crippen LogP contribution is -2.03. The van der Waals surface area contributed by atoms with Crippen LogP contribution < -0.4 is 0 Å². The van der Waals surface area contributed by atoms with Gasteiger partial charge in [0.1, 0.15) is 17.7 Å². The fraction of sp³-hybridized carbons (Fsp3) is 0.500. The molecule has 0 atom stereocenters. The fourth-order valence-corrected chi connectivity index (χ4v) is 0.742. The van der Waals surface area contributed by atoms with Gasteiger partial charge in [-0.05, 0) is 6.07 Å². The molecule has 1 aromatic heterocycles. The van der Waals surface area contributed by atoms with Crippen molar-refractivity contribution in [2.24, 2.45) is 0 Å². The monoisotopic (exact) mass is 224 g/mol. The topological polar surface area (TPSA) is 59.9 Å². The first-order valence-electron chi connectivity index (χ1n) is 5.45. The Bertz CT molecular complexity index is 306. The minimum atomic E-state index is -0.167. The van der Waals surface area contributed by atoms with E-state index in [0.717, 1.165) is 0 Å². The summed E-state index contributed by atoms with van der Waals surface area (Å²) in [5, 5.41) is 0. The van der Waals surface area contributed by atoms with E-state index in [0.29, 0.717) is 0 Å². The molecular weight excluding hydrogens is 204 g/mol. The molecule has 0 spiro atoms. The van der Waals surface area contributed by atoms with Crippen molar-refractivity contribution in [2.45, 2.75) is 41.5 Å². The Morgan fingerprint density at radius 3 is 1.44 bits per heavy atom. The molecule has 0 aliphatic heterocycles. The van der Waals surface area contributed by atoms with E-state index >= 15 is 0 Å². The third-order valence-corrected chi connectivity index (χ3v) is 1.39. The van der Waals surface area contributed by atoms with E-state index in [9.17, 15) is 9.59 Å². The molecule has 1 heterocycles. The molecule has 16 heavy (non-hydrogen) atoms. The van der Waals surface area contributed by atoms with Crippen molar-refractivity contribution >= 4 is 11.6 Å². The summed E-state index contributed by atoms with van der Waals surface area (Å²) in [4.78, 5) is 29.1. The summed E-state index contributed by atoms with van der Waals surface area (Å²) >= 11 is 0. The van der Waals surface area contributed by atoms with E-state index in [1.54, 1.807) is 0 Å². The highest BCUT2D eigenvalue weighted by atomic mass is 16.1. The van der Waals surface area contributed by atoms with Crippen LogP contribution in [0.5, 0.6) is 0 Å². The zero-order valence-corrected chi connectivity index (χ0v) is 10.9. The van der Waals surface area contributed by atoms with Gasteiger partial charge in [-0.1, -0.05) is 27.7 Å². The Labute approximate surface area is 97.1 Å². The number of aromatic nitrogens is 2. The number of nitrogens with zero attached hydrogens (tertiary/aromatic N) is 2. The van der Waals surface area contributed by atoms with E-state index < -0.39 is 0 Å². The molecule has 4 heteroatoms. The summed E-state index contributed by atoms with van der Waals surface area (Å²) in [6, 6.07) is 1.39. The first-order valence-corrected chi connectivity index (χ1v) is 5.45. The smallest absolute Gasteiger partial charge is 0.178 e. The lowest BCUT2D eigenvalue weighted by molar-refractivity contribution is 0.101. The Balaban J connectivity index is 0. The third kappa shape index (κ3) is 6.01. The average Bonchev–Trinajstić information content (AvgIpc) is 2.34. The quantitative estimate of drug-likeness (QED) is 0.725. The molecule has 0 unspecified atom stereocenters. The molecule has 90 valence electrons. The van der Waals surface area contributed by atoms with Crippen molar-refractivity contribution in [2.75, 3.05) is 0 Å². The molecule has 0 saturated carbocycles. The second-order valence-corrected chi connectivity index (χ2v) is 2.40. The van der Waals surface area contributed by atoms with Crippen molar-refractivity contribution in [3.8, 4) is 0 Å². The average molecular weight is 224 g/mol. The van der Waals surface area contributed by atoms with Crippen molar-refractivity contribution < 1.29 is 9.59 Å². The van der Waals surface area contributed by atoms with Crippen LogP contribution in [0.15, 0.2) is 12.4 Å². The van der Waals surface area contributed by atoms with Crippen LogP contribution in [0.3, 0.4) is 0 Å². The number of rotatable bonds is 2. The lowest BCUT2D eigenvalue weighted by Gasteiger charge is -1.95. The maximum atomic E-state index is 10.8. The predicted molar refractivity (Wildman–Crippen MR) is 64.7 cm³/mol. The van der Waals surface area contributed by atoms with Crippen LogP contribution >= 0.6 is 0 Å². The molecule has 0 fully saturated rings. The molecule has 0 radical (unpaired) electrons. The van der Waals surface area contributed by atoms with Gasteiger partial charge in [-0.15, -0.1) is 0 Å². The molecule has 1 aromatic rings. The maximum absolute atomic E-state index is 10.8. The molecular formula is C12H20N2O2. The zero-order chi connectivity index (χ0) is 13.1. The van der Waals surface area contributed by atoms with Crippen molar-refractivity contribution in [3.63, 3.8) is 0 Å². The number of carbonyl (C=O) groups is 2. The van der Waals surface area contributed by atoms with Gasteiger partial charge in [-0.25, -0.2) is 9.97 Å².